The zero-order valence-corrected chi connectivity index (χ0v) is 21.7. The average molecular weight is 545 g/mol. The van der Waals surface area contributed by atoms with Gasteiger partial charge in [-0.05, 0) is 34.6 Å². The first-order valence-electron chi connectivity index (χ1n) is 11.9. The molecule has 0 amide bonds. The summed E-state index contributed by atoms with van der Waals surface area (Å²) in [6, 6.07) is 15.6. The van der Waals surface area contributed by atoms with Crippen molar-refractivity contribution in [1.82, 2.24) is 19.6 Å². The summed E-state index contributed by atoms with van der Waals surface area (Å²) in [6.45, 7) is 0.249. The number of benzene rings is 2. The zero-order chi connectivity index (χ0) is 26.9. The van der Waals surface area contributed by atoms with Gasteiger partial charge in [-0.25, -0.2) is 14.5 Å². The highest BCUT2D eigenvalue weighted by Gasteiger charge is 2.17. The first-order valence-corrected chi connectivity index (χ1v) is 12.7. The molecule has 0 spiro atoms. The molecule has 0 atom stereocenters. The number of imidazole rings is 1. The van der Waals surface area contributed by atoms with Gasteiger partial charge < -0.3 is 18.6 Å². The molecule has 2 aromatic carbocycles. The number of ketones is 1. The van der Waals surface area contributed by atoms with Gasteiger partial charge in [0.2, 0.25) is 10.9 Å². The minimum absolute atomic E-state index is 0.134. The molecule has 196 valence electrons. The number of carbonyl (C=O) groups excluding carboxylic acids is 1. The Morgan fingerprint density at radius 1 is 1.08 bits per heavy atom. The van der Waals surface area contributed by atoms with Crippen LogP contribution in [0.15, 0.2) is 71.4 Å². The van der Waals surface area contributed by atoms with E-state index in [2.05, 4.69) is 15.1 Å². The van der Waals surface area contributed by atoms with Gasteiger partial charge in [0, 0.05) is 36.4 Å². The Kier molecular flexibility index (Phi) is 6.41. The fourth-order valence-corrected chi connectivity index (χ4v) is 4.88. The summed E-state index contributed by atoms with van der Waals surface area (Å²) >= 11 is 1.33. The van der Waals surface area contributed by atoms with Gasteiger partial charge in [-0.3, -0.25) is 4.79 Å². The Balaban J connectivity index is 1.23. The van der Waals surface area contributed by atoms with E-state index < -0.39 is 5.95 Å². The molecule has 9 nitrogen and oxygen atoms in total. The van der Waals surface area contributed by atoms with Crippen LogP contribution in [0, 0.1) is 5.95 Å². The Labute approximate surface area is 225 Å². The molecule has 0 aliphatic heterocycles. The number of carbonyl (C=O) groups is 1. The lowest BCUT2D eigenvalue weighted by Crippen LogP contribution is -2.05. The van der Waals surface area contributed by atoms with Crippen LogP contribution >= 0.6 is 11.3 Å². The molecule has 0 unspecified atom stereocenters. The Morgan fingerprint density at radius 3 is 2.74 bits per heavy atom. The number of hydrogen-bond acceptors (Lipinski definition) is 9. The van der Waals surface area contributed by atoms with Crippen LogP contribution in [-0.2, 0) is 13.0 Å². The summed E-state index contributed by atoms with van der Waals surface area (Å²) in [5, 5.41) is 5.59. The number of aromatic nitrogens is 4. The number of pyridine rings is 1. The summed E-state index contributed by atoms with van der Waals surface area (Å²) < 4.78 is 38.0. The van der Waals surface area contributed by atoms with E-state index >= 15 is 0 Å². The Hall–Kier alpha value is -4.77. The van der Waals surface area contributed by atoms with Crippen molar-refractivity contribution in [3.63, 3.8) is 0 Å². The highest BCUT2D eigenvalue weighted by molar-refractivity contribution is 7.18. The third-order valence-corrected chi connectivity index (χ3v) is 6.94. The monoisotopic (exact) mass is 544 g/mol. The van der Waals surface area contributed by atoms with Crippen molar-refractivity contribution in [3.8, 4) is 28.1 Å². The van der Waals surface area contributed by atoms with E-state index in [0.717, 1.165) is 22.6 Å². The molecule has 11 heteroatoms. The van der Waals surface area contributed by atoms with E-state index in [9.17, 15) is 9.18 Å². The van der Waals surface area contributed by atoms with Gasteiger partial charge in [0.05, 0.1) is 25.8 Å². The molecule has 0 aliphatic carbocycles. The second kappa shape index (κ2) is 10.2. The van der Waals surface area contributed by atoms with Gasteiger partial charge in [-0.2, -0.15) is 4.39 Å². The summed E-state index contributed by atoms with van der Waals surface area (Å²) in [4.78, 5) is 21.4. The number of nitrogens with zero attached hydrogens (tertiary/aromatic N) is 4. The lowest BCUT2D eigenvalue weighted by atomic mass is 10.0. The SMILES string of the molecule is COc1cc(OCc2cccc(CC(=O)c3ccnc(F)c3)c2)c2cc(-c3cn4nc(OC)sc4n3)oc2c1. The maximum Gasteiger partial charge on any atom is 0.294 e. The van der Waals surface area contributed by atoms with Crippen molar-refractivity contribution in [3.05, 3.63) is 89.6 Å². The zero-order valence-electron chi connectivity index (χ0n) is 20.9. The van der Waals surface area contributed by atoms with Crippen molar-refractivity contribution in [2.24, 2.45) is 0 Å². The number of fused-ring (bicyclic) bond motifs is 2. The summed E-state index contributed by atoms with van der Waals surface area (Å²) in [5.74, 6) is 0.850. The number of Topliss-reactive ketones (excluding diaryl/α,β-unsaturated/α-hetero) is 1. The number of ether oxygens (including phenoxy) is 3. The molecule has 0 aliphatic rings. The average Bonchev–Trinajstić information content (AvgIpc) is 3.65. The molecule has 0 radical (unpaired) electrons. The number of halogens is 1. The lowest BCUT2D eigenvalue weighted by molar-refractivity contribution is 0.0992. The summed E-state index contributed by atoms with van der Waals surface area (Å²) in [7, 11) is 3.14. The molecule has 0 saturated carbocycles. The van der Waals surface area contributed by atoms with Gasteiger partial charge >= 0.3 is 0 Å². The van der Waals surface area contributed by atoms with Crippen LogP contribution in [0.2, 0.25) is 0 Å². The largest absolute Gasteiger partial charge is 0.496 e. The maximum absolute atomic E-state index is 13.4. The topological polar surface area (TPSA) is 101 Å². The van der Waals surface area contributed by atoms with Gasteiger partial charge in [-0.15, -0.1) is 5.10 Å². The van der Waals surface area contributed by atoms with Gasteiger partial charge in [0.15, 0.2) is 11.5 Å². The Bertz CT molecular complexity index is 1790. The van der Waals surface area contributed by atoms with Crippen molar-refractivity contribution in [2.45, 2.75) is 13.0 Å². The van der Waals surface area contributed by atoms with Crippen molar-refractivity contribution < 1.29 is 27.8 Å². The number of methoxy groups -OCH3 is 2. The van der Waals surface area contributed by atoms with Crippen molar-refractivity contribution in [2.75, 3.05) is 14.2 Å². The molecule has 0 fully saturated rings. The van der Waals surface area contributed by atoms with E-state index in [1.54, 1.807) is 37.1 Å². The van der Waals surface area contributed by atoms with E-state index in [1.165, 1.54) is 23.6 Å². The first kappa shape index (κ1) is 24.6. The van der Waals surface area contributed by atoms with Crippen LogP contribution in [0.1, 0.15) is 21.5 Å². The van der Waals surface area contributed by atoms with Crippen molar-refractivity contribution >= 4 is 33.1 Å². The molecular formula is C28H21FN4O5S. The van der Waals surface area contributed by atoms with Crippen LogP contribution in [0.4, 0.5) is 4.39 Å². The van der Waals surface area contributed by atoms with Gasteiger partial charge in [-0.1, -0.05) is 24.3 Å². The maximum atomic E-state index is 13.4. The second-order valence-electron chi connectivity index (χ2n) is 8.65. The molecule has 0 saturated heterocycles. The van der Waals surface area contributed by atoms with E-state index in [4.69, 9.17) is 18.6 Å². The summed E-state index contributed by atoms with van der Waals surface area (Å²) in [5.41, 5.74) is 3.17. The number of furan rings is 1. The molecule has 4 aromatic heterocycles. The fraction of sp³-hybridized carbons (Fsp3) is 0.143. The van der Waals surface area contributed by atoms with Crippen LogP contribution in [0.5, 0.6) is 16.7 Å². The lowest BCUT2D eigenvalue weighted by Gasteiger charge is -2.10. The minimum atomic E-state index is -0.681. The molecule has 4 heterocycles. The quantitative estimate of drug-likeness (QED) is 0.167. The van der Waals surface area contributed by atoms with Gasteiger partial charge in [0.25, 0.3) is 5.19 Å². The van der Waals surface area contributed by atoms with Crippen LogP contribution in [0.25, 0.3) is 27.4 Å². The van der Waals surface area contributed by atoms with E-state index in [1.807, 2.05) is 30.3 Å². The molecule has 6 rings (SSSR count). The number of rotatable bonds is 9. The summed E-state index contributed by atoms with van der Waals surface area (Å²) in [6.07, 6.45) is 3.19. The van der Waals surface area contributed by atoms with Gasteiger partial charge in [0.1, 0.15) is 29.4 Å². The van der Waals surface area contributed by atoms with E-state index in [0.29, 0.717) is 38.7 Å². The third-order valence-electron chi connectivity index (χ3n) is 6.06. The predicted molar refractivity (Wildman–Crippen MR) is 142 cm³/mol. The fourth-order valence-electron chi connectivity index (χ4n) is 4.18. The number of hydrogen-bond donors (Lipinski definition) is 0. The molecular weight excluding hydrogens is 523 g/mol. The Morgan fingerprint density at radius 2 is 1.95 bits per heavy atom. The standard InChI is InChI=1S/C28H21FN4O5S/c1-35-19-11-23(20-13-25(38-24(20)12-19)21-14-33-27(31-21)39-28(32-33)36-2)37-15-17-5-3-4-16(8-17)9-22(34)18-6-7-30-26(29)10-18/h3-8,10-14H,9,15H2,1-2H3. The molecule has 39 heavy (non-hydrogen) atoms. The minimum Gasteiger partial charge on any atom is -0.496 e. The third kappa shape index (κ3) is 5.04. The first-order chi connectivity index (χ1) is 19.0. The highest BCUT2D eigenvalue weighted by Crippen LogP contribution is 2.37. The molecule has 0 N–H and O–H groups in total. The van der Waals surface area contributed by atoms with Crippen LogP contribution < -0.4 is 14.2 Å². The molecule has 0 bridgehead atoms. The van der Waals surface area contributed by atoms with Crippen LogP contribution in [0.3, 0.4) is 0 Å². The van der Waals surface area contributed by atoms with Crippen molar-refractivity contribution in [1.29, 1.82) is 0 Å². The molecule has 6 aromatic rings. The van der Waals surface area contributed by atoms with Crippen LogP contribution in [-0.4, -0.2) is 39.6 Å². The predicted octanol–water partition coefficient (Wildman–Crippen LogP) is 5.76. The smallest absolute Gasteiger partial charge is 0.294 e. The van der Waals surface area contributed by atoms with E-state index in [-0.39, 0.29) is 24.4 Å². The normalized spacial score (nSPS) is 11.3. The second-order valence-corrected chi connectivity index (χ2v) is 9.57. The highest BCUT2D eigenvalue weighted by atomic mass is 32.1.